The standard InChI is InChI=1S/C17H12Cl2F2N2O3S2/c1-9(11-6-10(18)2-3-13(11)20)26-15-8-14(21)16(7-12(15)19)28(24,25)23-17-22-4-5-27-17/h2-9H,1H3,(H,22,23)/t9-/m0/s1. The summed E-state index contributed by atoms with van der Waals surface area (Å²) in [6.45, 7) is 1.53. The molecule has 0 saturated carbocycles. The predicted octanol–water partition coefficient (Wildman–Crippen LogP) is 5.67. The number of aromatic nitrogens is 1. The number of nitrogens with one attached hydrogen (secondary N) is 1. The summed E-state index contributed by atoms with van der Waals surface area (Å²) in [6, 6.07) is 5.69. The minimum Gasteiger partial charge on any atom is -0.484 e. The molecule has 0 radical (unpaired) electrons. The molecule has 1 atom stereocenters. The predicted molar refractivity (Wildman–Crippen MR) is 105 cm³/mol. The molecule has 3 aromatic rings. The van der Waals surface area contributed by atoms with Gasteiger partial charge in [-0.2, -0.15) is 0 Å². The molecule has 28 heavy (non-hydrogen) atoms. The molecule has 1 aromatic heterocycles. The van der Waals surface area contributed by atoms with E-state index in [1.54, 1.807) is 5.38 Å². The second-order valence-electron chi connectivity index (χ2n) is 5.58. The van der Waals surface area contributed by atoms with E-state index in [0.29, 0.717) is 5.02 Å². The molecule has 5 nitrogen and oxygen atoms in total. The summed E-state index contributed by atoms with van der Waals surface area (Å²) >= 11 is 13.0. The van der Waals surface area contributed by atoms with Gasteiger partial charge in [0, 0.05) is 28.2 Å². The van der Waals surface area contributed by atoms with E-state index in [4.69, 9.17) is 27.9 Å². The van der Waals surface area contributed by atoms with E-state index >= 15 is 0 Å². The molecule has 1 heterocycles. The Balaban J connectivity index is 1.88. The summed E-state index contributed by atoms with van der Waals surface area (Å²) in [5.74, 6) is -1.78. The van der Waals surface area contributed by atoms with Gasteiger partial charge in [0.05, 0.1) is 5.02 Å². The van der Waals surface area contributed by atoms with E-state index in [-0.39, 0.29) is 21.5 Å². The molecular weight excluding hydrogens is 453 g/mol. The summed E-state index contributed by atoms with van der Waals surface area (Å²) in [7, 11) is -4.24. The van der Waals surface area contributed by atoms with Crippen LogP contribution in [-0.2, 0) is 10.0 Å². The van der Waals surface area contributed by atoms with E-state index in [1.165, 1.54) is 31.3 Å². The van der Waals surface area contributed by atoms with Gasteiger partial charge in [-0.1, -0.05) is 23.2 Å². The van der Waals surface area contributed by atoms with Gasteiger partial charge in [-0.3, -0.25) is 4.72 Å². The Morgan fingerprint density at radius 2 is 1.93 bits per heavy atom. The first-order valence-electron chi connectivity index (χ1n) is 7.70. The summed E-state index contributed by atoms with van der Waals surface area (Å²) in [5.41, 5.74) is 0.145. The van der Waals surface area contributed by atoms with E-state index in [9.17, 15) is 17.2 Å². The van der Waals surface area contributed by atoms with Crippen molar-refractivity contribution in [3.05, 3.63) is 69.2 Å². The Hall–Kier alpha value is -1.94. The zero-order valence-electron chi connectivity index (χ0n) is 14.1. The summed E-state index contributed by atoms with van der Waals surface area (Å²) in [6.07, 6.45) is 0.547. The first-order valence-corrected chi connectivity index (χ1v) is 10.8. The third-order valence-corrected chi connectivity index (χ3v) is 6.33. The van der Waals surface area contributed by atoms with Crippen LogP contribution in [0.3, 0.4) is 0 Å². The largest absolute Gasteiger partial charge is 0.484 e. The van der Waals surface area contributed by atoms with Crippen molar-refractivity contribution in [3.63, 3.8) is 0 Å². The number of hydrogen-bond donors (Lipinski definition) is 1. The Morgan fingerprint density at radius 3 is 2.61 bits per heavy atom. The van der Waals surface area contributed by atoms with Gasteiger partial charge in [0.1, 0.15) is 28.4 Å². The fourth-order valence-electron chi connectivity index (χ4n) is 2.33. The zero-order chi connectivity index (χ0) is 20.5. The molecule has 0 aliphatic carbocycles. The van der Waals surface area contributed by atoms with Gasteiger partial charge in [-0.05, 0) is 31.2 Å². The Bertz CT molecular complexity index is 1110. The third kappa shape index (κ3) is 4.54. The average Bonchev–Trinajstić information content (AvgIpc) is 3.11. The van der Waals surface area contributed by atoms with Crippen LogP contribution in [-0.4, -0.2) is 13.4 Å². The van der Waals surface area contributed by atoms with Crippen LogP contribution < -0.4 is 9.46 Å². The highest BCUT2D eigenvalue weighted by molar-refractivity contribution is 7.93. The fraction of sp³-hybridized carbons (Fsp3) is 0.118. The van der Waals surface area contributed by atoms with Crippen LogP contribution in [0, 0.1) is 11.6 Å². The summed E-state index contributed by atoms with van der Waals surface area (Å²) in [5, 5.41) is 1.80. The van der Waals surface area contributed by atoms with Crippen LogP contribution in [0.4, 0.5) is 13.9 Å². The van der Waals surface area contributed by atoms with Crippen molar-refractivity contribution in [1.82, 2.24) is 4.98 Å². The van der Waals surface area contributed by atoms with Crippen LogP contribution >= 0.6 is 34.5 Å². The van der Waals surface area contributed by atoms with Crippen LogP contribution in [0.25, 0.3) is 0 Å². The van der Waals surface area contributed by atoms with Gasteiger partial charge < -0.3 is 4.74 Å². The molecule has 0 amide bonds. The highest BCUT2D eigenvalue weighted by atomic mass is 35.5. The lowest BCUT2D eigenvalue weighted by molar-refractivity contribution is 0.220. The first-order chi connectivity index (χ1) is 13.2. The van der Waals surface area contributed by atoms with Crippen molar-refractivity contribution in [1.29, 1.82) is 0 Å². The van der Waals surface area contributed by atoms with Gasteiger partial charge >= 0.3 is 0 Å². The maximum atomic E-state index is 14.5. The van der Waals surface area contributed by atoms with Gasteiger partial charge in [0.25, 0.3) is 10.0 Å². The van der Waals surface area contributed by atoms with Crippen molar-refractivity contribution in [2.45, 2.75) is 17.9 Å². The van der Waals surface area contributed by atoms with Gasteiger partial charge in [-0.15, -0.1) is 11.3 Å². The van der Waals surface area contributed by atoms with E-state index in [2.05, 4.69) is 9.71 Å². The SMILES string of the molecule is C[C@H](Oc1cc(F)c(S(=O)(=O)Nc2nccs2)cc1Cl)c1cc(Cl)ccc1F. The molecule has 0 fully saturated rings. The van der Waals surface area contributed by atoms with Crippen LogP contribution in [0.15, 0.2) is 46.8 Å². The topological polar surface area (TPSA) is 68.3 Å². The van der Waals surface area contributed by atoms with Crippen molar-refractivity contribution >= 4 is 49.7 Å². The van der Waals surface area contributed by atoms with Gasteiger partial charge in [0.2, 0.25) is 0 Å². The molecule has 1 N–H and O–H groups in total. The van der Waals surface area contributed by atoms with Crippen LogP contribution in [0.1, 0.15) is 18.6 Å². The summed E-state index contributed by atoms with van der Waals surface area (Å²) < 4.78 is 60.9. The lowest BCUT2D eigenvalue weighted by Gasteiger charge is -2.18. The second-order valence-corrected chi connectivity index (χ2v) is 8.97. The highest BCUT2D eigenvalue weighted by Gasteiger charge is 2.24. The van der Waals surface area contributed by atoms with Crippen LogP contribution in [0.2, 0.25) is 10.0 Å². The maximum absolute atomic E-state index is 14.5. The molecule has 2 aromatic carbocycles. The number of rotatable bonds is 6. The Kier molecular flexibility index (Phi) is 6.09. The number of thiazole rings is 1. The number of halogens is 4. The maximum Gasteiger partial charge on any atom is 0.266 e. The molecule has 11 heteroatoms. The number of anilines is 1. The van der Waals surface area contributed by atoms with Crippen LogP contribution in [0.5, 0.6) is 5.75 Å². The molecule has 0 bridgehead atoms. The molecule has 3 rings (SSSR count). The number of ether oxygens (including phenoxy) is 1. The smallest absolute Gasteiger partial charge is 0.266 e. The number of benzene rings is 2. The van der Waals surface area contributed by atoms with Gasteiger partial charge in [0.15, 0.2) is 5.13 Å². The molecule has 148 valence electrons. The van der Waals surface area contributed by atoms with Crippen molar-refractivity contribution in [2.75, 3.05) is 4.72 Å². The Morgan fingerprint density at radius 1 is 1.18 bits per heavy atom. The van der Waals surface area contributed by atoms with Crippen molar-refractivity contribution in [2.24, 2.45) is 0 Å². The summed E-state index contributed by atoms with van der Waals surface area (Å²) in [4.78, 5) is 3.12. The Labute approximate surface area is 173 Å². The molecule has 0 aliphatic heterocycles. The van der Waals surface area contributed by atoms with Crippen molar-refractivity contribution < 1.29 is 21.9 Å². The molecule has 0 spiro atoms. The minimum absolute atomic E-state index is 0.0842. The third-order valence-electron chi connectivity index (χ3n) is 3.63. The first kappa shape index (κ1) is 20.8. The molecule has 0 aliphatic rings. The molecular formula is C17H12Cl2F2N2O3S2. The van der Waals surface area contributed by atoms with E-state index in [0.717, 1.165) is 23.5 Å². The molecule has 0 saturated heterocycles. The monoisotopic (exact) mass is 464 g/mol. The lowest BCUT2D eigenvalue weighted by atomic mass is 10.1. The fourth-order valence-corrected chi connectivity index (χ4v) is 4.66. The van der Waals surface area contributed by atoms with E-state index < -0.39 is 32.7 Å². The lowest BCUT2D eigenvalue weighted by Crippen LogP contribution is -2.15. The zero-order valence-corrected chi connectivity index (χ0v) is 17.3. The second kappa shape index (κ2) is 8.20. The van der Waals surface area contributed by atoms with Crippen molar-refractivity contribution in [3.8, 4) is 5.75 Å². The number of hydrogen-bond acceptors (Lipinski definition) is 5. The van der Waals surface area contributed by atoms with Gasteiger partial charge in [-0.25, -0.2) is 22.2 Å². The number of sulfonamides is 1. The minimum atomic E-state index is -4.24. The quantitative estimate of drug-likeness (QED) is 0.510. The molecule has 0 unspecified atom stereocenters. The van der Waals surface area contributed by atoms with E-state index in [1.807, 2.05) is 0 Å². The highest BCUT2D eigenvalue weighted by Crippen LogP contribution is 2.34. The average molecular weight is 465 g/mol. The normalized spacial score (nSPS) is 12.6. The number of nitrogens with zero attached hydrogens (tertiary/aromatic N) is 1.